The highest BCUT2D eigenvalue weighted by Crippen LogP contribution is 2.21. The third-order valence-electron chi connectivity index (χ3n) is 1.62. The molecule has 13 heavy (non-hydrogen) atoms. The Hall–Kier alpha value is -1.000. The lowest BCUT2D eigenvalue weighted by Crippen LogP contribution is -1.88. The van der Waals surface area contributed by atoms with E-state index < -0.39 is 0 Å². The number of aryl methyl sites for hydroxylation is 1. The molecule has 5 heteroatoms. The fourth-order valence-corrected chi connectivity index (χ4v) is 1.62. The molecule has 0 aliphatic carbocycles. The van der Waals surface area contributed by atoms with Crippen molar-refractivity contribution >= 4 is 23.1 Å². The van der Waals surface area contributed by atoms with Crippen LogP contribution in [0.1, 0.15) is 5.56 Å². The van der Waals surface area contributed by atoms with E-state index in [-0.39, 0.29) is 0 Å². The maximum Gasteiger partial charge on any atom is 0.203 e. The first-order chi connectivity index (χ1) is 6.27. The molecule has 0 aliphatic rings. The van der Waals surface area contributed by atoms with Crippen molar-refractivity contribution in [1.29, 1.82) is 0 Å². The summed E-state index contributed by atoms with van der Waals surface area (Å²) in [6.45, 7) is 1.97. The van der Waals surface area contributed by atoms with E-state index in [1.807, 2.05) is 19.1 Å². The van der Waals surface area contributed by atoms with Gasteiger partial charge in [0.1, 0.15) is 5.69 Å². The Labute approximate surface area is 84.6 Å². The summed E-state index contributed by atoms with van der Waals surface area (Å²) in [4.78, 5) is 8.24. The molecule has 66 valence electrons. The molecule has 0 bridgehead atoms. The fourth-order valence-electron chi connectivity index (χ4n) is 1.02. The Morgan fingerprint density at radius 2 is 2.31 bits per heavy atom. The third kappa shape index (κ3) is 1.68. The van der Waals surface area contributed by atoms with Gasteiger partial charge in [-0.05, 0) is 41.7 Å². The van der Waals surface area contributed by atoms with Crippen molar-refractivity contribution in [3.8, 4) is 11.5 Å². The second kappa shape index (κ2) is 3.40. The topological polar surface area (TPSA) is 38.7 Å². The number of aromatic nitrogens is 3. The molecule has 0 saturated carbocycles. The van der Waals surface area contributed by atoms with Crippen LogP contribution in [0.4, 0.5) is 0 Å². The largest absolute Gasteiger partial charge is 0.253 e. The second-order valence-corrected chi connectivity index (χ2v) is 3.87. The van der Waals surface area contributed by atoms with E-state index in [0.29, 0.717) is 10.3 Å². The molecule has 0 amide bonds. The molecular formula is C8H6ClN3S. The van der Waals surface area contributed by atoms with Gasteiger partial charge in [0.2, 0.25) is 4.47 Å². The number of hydrogen-bond acceptors (Lipinski definition) is 4. The quantitative estimate of drug-likeness (QED) is 0.728. The zero-order valence-electron chi connectivity index (χ0n) is 6.86. The molecule has 2 rings (SSSR count). The maximum atomic E-state index is 5.68. The molecule has 2 aromatic rings. The van der Waals surface area contributed by atoms with Crippen molar-refractivity contribution in [3.63, 3.8) is 0 Å². The minimum absolute atomic E-state index is 0.444. The van der Waals surface area contributed by atoms with Crippen molar-refractivity contribution in [2.45, 2.75) is 6.92 Å². The molecule has 2 heterocycles. The fraction of sp³-hybridized carbons (Fsp3) is 0.125. The Morgan fingerprint density at radius 3 is 2.92 bits per heavy atom. The summed E-state index contributed by atoms with van der Waals surface area (Å²) < 4.78 is 4.53. The molecule has 0 spiro atoms. The summed E-state index contributed by atoms with van der Waals surface area (Å²) in [5.41, 5.74) is 1.85. The monoisotopic (exact) mass is 211 g/mol. The van der Waals surface area contributed by atoms with Gasteiger partial charge >= 0.3 is 0 Å². The Bertz CT molecular complexity index is 427. The van der Waals surface area contributed by atoms with Crippen LogP contribution in [0, 0.1) is 6.92 Å². The lowest BCUT2D eigenvalue weighted by molar-refractivity contribution is 1.20. The highest BCUT2D eigenvalue weighted by Gasteiger charge is 2.07. The normalized spacial score (nSPS) is 10.3. The highest BCUT2D eigenvalue weighted by atomic mass is 35.5. The number of pyridine rings is 1. The molecule has 0 aromatic carbocycles. The molecule has 0 fully saturated rings. The van der Waals surface area contributed by atoms with Gasteiger partial charge in [0.15, 0.2) is 5.82 Å². The van der Waals surface area contributed by atoms with Gasteiger partial charge in [-0.15, -0.1) is 0 Å². The summed E-state index contributed by atoms with van der Waals surface area (Å²) >= 11 is 6.85. The van der Waals surface area contributed by atoms with Gasteiger partial charge in [0.25, 0.3) is 0 Å². The molecule has 0 atom stereocenters. The molecule has 0 aliphatic heterocycles. The van der Waals surface area contributed by atoms with Crippen LogP contribution in [0.15, 0.2) is 18.3 Å². The summed E-state index contributed by atoms with van der Waals surface area (Å²) in [6.07, 6.45) is 1.72. The summed E-state index contributed by atoms with van der Waals surface area (Å²) in [5.74, 6) is 0.605. The molecular weight excluding hydrogens is 206 g/mol. The van der Waals surface area contributed by atoms with Crippen molar-refractivity contribution < 1.29 is 0 Å². The van der Waals surface area contributed by atoms with Gasteiger partial charge < -0.3 is 0 Å². The zero-order chi connectivity index (χ0) is 9.26. The zero-order valence-corrected chi connectivity index (χ0v) is 8.43. The van der Waals surface area contributed by atoms with Gasteiger partial charge in [-0.2, -0.15) is 4.37 Å². The SMILES string of the molecule is Cc1cccnc1-c1nsc(Cl)n1. The smallest absolute Gasteiger partial charge is 0.203 e. The number of hydrogen-bond donors (Lipinski definition) is 0. The van der Waals surface area contributed by atoms with Crippen LogP contribution in [0.25, 0.3) is 11.5 Å². The lowest BCUT2D eigenvalue weighted by atomic mass is 10.2. The lowest BCUT2D eigenvalue weighted by Gasteiger charge is -1.97. The van der Waals surface area contributed by atoms with Crippen LogP contribution in [-0.4, -0.2) is 14.3 Å². The summed E-state index contributed by atoms with van der Waals surface area (Å²) in [5, 5.41) is 0. The van der Waals surface area contributed by atoms with Gasteiger partial charge in [0.05, 0.1) is 0 Å². The molecule has 0 unspecified atom stereocenters. The van der Waals surface area contributed by atoms with Crippen LogP contribution in [0.5, 0.6) is 0 Å². The van der Waals surface area contributed by atoms with E-state index in [0.717, 1.165) is 11.3 Å². The highest BCUT2D eigenvalue weighted by molar-refractivity contribution is 7.10. The van der Waals surface area contributed by atoms with Crippen molar-refractivity contribution in [3.05, 3.63) is 28.4 Å². The predicted molar refractivity (Wildman–Crippen MR) is 52.9 cm³/mol. The molecule has 0 radical (unpaired) electrons. The minimum atomic E-state index is 0.444. The molecule has 2 aromatic heterocycles. The number of rotatable bonds is 1. The molecule has 0 N–H and O–H groups in total. The van der Waals surface area contributed by atoms with Crippen LogP contribution in [0.3, 0.4) is 0 Å². The first kappa shape index (κ1) is 8.59. The van der Waals surface area contributed by atoms with E-state index in [1.165, 1.54) is 11.5 Å². The second-order valence-electron chi connectivity index (χ2n) is 2.54. The minimum Gasteiger partial charge on any atom is -0.253 e. The maximum absolute atomic E-state index is 5.68. The van der Waals surface area contributed by atoms with Crippen LogP contribution in [0.2, 0.25) is 4.47 Å². The Balaban J connectivity index is 2.52. The van der Waals surface area contributed by atoms with Gasteiger partial charge in [-0.25, -0.2) is 4.98 Å². The van der Waals surface area contributed by atoms with Crippen LogP contribution in [-0.2, 0) is 0 Å². The first-order valence-corrected chi connectivity index (χ1v) is 4.84. The van der Waals surface area contributed by atoms with Gasteiger partial charge in [-0.3, -0.25) is 4.98 Å². The Kier molecular flexibility index (Phi) is 2.24. The Morgan fingerprint density at radius 1 is 1.46 bits per heavy atom. The number of halogens is 1. The van der Waals surface area contributed by atoms with Crippen LogP contribution < -0.4 is 0 Å². The third-order valence-corrected chi connectivity index (χ3v) is 2.42. The van der Waals surface area contributed by atoms with E-state index in [4.69, 9.17) is 11.6 Å². The molecule has 0 saturated heterocycles. The van der Waals surface area contributed by atoms with E-state index >= 15 is 0 Å². The van der Waals surface area contributed by atoms with Gasteiger partial charge in [-0.1, -0.05) is 6.07 Å². The van der Waals surface area contributed by atoms with E-state index in [2.05, 4.69) is 14.3 Å². The van der Waals surface area contributed by atoms with Crippen LogP contribution >= 0.6 is 23.1 Å². The summed E-state index contributed by atoms with van der Waals surface area (Å²) in [6, 6.07) is 3.85. The van der Waals surface area contributed by atoms with Crippen molar-refractivity contribution in [2.75, 3.05) is 0 Å². The first-order valence-electron chi connectivity index (χ1n) is 3.68. The van der Waals surface area contributed by atoms with E-state index in [1.54, 1.807) is 6.20 Å². The number of nitrogens with zero attached hydrogens (tertiary/aromatic N) is 3. The average molecular weight is 212 g/mol. The predicted octanol–water partition coefficient (Wildman–Crippen LogP) is 2.56. The van der Waals surface area contributed by atoms with Gasteiger partial charge in [0, 0.05) is 6.20 Å². The summed E-state index contributed by atoms with van der Waals surface area (Å²) in [7, 11) is 0. The average Bonchev–Trinajstić information content (AvgIpc) is 2.53. The standard InChI is InChI=1S/C8H6ClN3S/c1-5-3-2-4-10-6(5)7-11-8(9)13-12-7/h2-4H,1H3. The molecule has 3 nitrogen and oxygen atoms in total. The van der Waals surface area contributed by atoms with E-state index in [9.17, 15) is 0 Å². The van der Waals surface area contributed by atoms with Crippen molar-refractivity contribution in [2.24, 2.45) is 0 Å². The van der Waals surface area contributed by atoms with Crippen molar-refractivity contribution in [1.82, 2.24) is 14.3 Å².